The van der Waals surface area contributed by atoms with Gasteiger partial charge in [0.05, 0.1) is 11.5 Å². The van der Waals surface area contributed by atoms with Gasteiger partial charge in [-0.25, -0.2) is 4.98 Å². The van der Waals surface area contributed by atoms with Crippen LogP contribution < -0.4 is 5.56 Å². The van der Waals surface area contributed by atoms with Crippen LogP contribution in [0.3, 0.4) is 0 Å². The second kappa shape index (κ2) is 6.19. The van der Waals surface area contributed by atoms with Crippen LogP contribution in [-0.2, 0) is 9.53 Å². The Hall–Kier alpha value is -1.34. The van der Waals surface area contributed by atoms with E-state index in [1.54, 1.807) is 20.8 Å². The lowest BCUT2D eigenvalue weighted by molar-refractivity contribution is -0.146. The summed E-state index contributed by atoms with van der Waals surface area (Å²) in [5, 5.41) is 0.663. The van der Waals surface area contributed by atoms with Gasteiger partial charge in [0.2, 0.25) is 0 Å². The van der Waals surface area contributed by atoms with Crippen molar-refractivity contribution in [3.05, 3.63) is 20.8 Å². The van der Waals surface area contributed by atoms with E-state index in [0.29, 0.717) is 15.4 Å². The van der Waals surface area contributed by atoms with E-state index < -0.39 is 5.25 Å². The van der Waals surface area contributed by atoms with Crippen molar-refractivity contribution < 1.29 is 9.53 Å². The van der Waals surface area contributed by atoms with Crippen LogP contribution in [0, 0.1) is 13.8 Å². The third kappa shape index (κ3) is 3.47. The highest BCUT2D eigenvalue weighted by Crippen LogP contribution is 2.28. The second-order valence-corrected chi connectivity index (χ2v) is 7.61. The molecule has 0 saturated heterocycles. The van der Waals surface area contributed by atoms with E-state index in [-0.39, 0.29) is 17.6 Å². The number of fused-ring (bicyclic) bond motifs is 1. The maximum absolute atomic E-state index is 12.1. The minimum absolute atomic E-state index is 0.155. The minimum Gasteiger partial charge on any atom is -0.462 e. The van der Waals surface area contributed by atoms with E-state index >= 15 is 0 Å². The van der Waals surface area contributed by atoms with Crippen LogP contribution in [0.2, 0.25) is 0 Å². The molecule has 21 heavy (non-hydrogen) atoms. The van der Waals surface area contributed by atoms with E-state index in [1.165, 1.54) is 23.1 Å². The smallest absolute Gasteiger partial charge is 0.319 e. The molecule has 2 heterocycles. The van der Waals surface area contributed by atoms with Gasteiger partial charge in [0.1, 0.15) is 10.1 Å². The van der Waals surface area contributed by atoms with E-state index in [0.717, 1.165) is 10.4 Å². The van der Waals surface area contributed by atoms with Gasteiger partial charge in [-0.15, -0.1) is 11.3 Å². The van der Waals surface area contributed by atoms with Crippen molar-refractivity contribution in [2.45, 2.75) is 51.1 Å². The third-order valence-corrected chi connectivity index (χ3v) is 5.05. The van der Waals surface area contributed by atoms with Crippen LogP contribution in [0.25, 0.3) is 10.2 Å². The van der Waals surface area contributed by atoms with Crippen molar-refractivity contribution in [2.75, 3.05) is 0 Å². The minimum atomic E-state index is -0.421. The summed E-state index contributed by atoms with van der Waals surface area (Å²) < 4.78 is 5.15. The number of aromatic amines is 1. The van der Waals surface area contributed by atoms with Crippen molar-refractivity contribution in [1.29, 1.82) is 0 Å². The van der Waals surface area contributed by atoms with E-state index in [9.17, 15) is 9.59 Å². The average molecular weight is 326 g/mol. The molecule has 1 atom stereocenters. The summed E-state index contributed by atoms with van der Waals surface area (Å²) >= 11 is 2.70. The molecule has 0 aromatic carbocycles. The van der Waals surface area contributed by atoms with Crippen LogP contribution >= 0.6 is 23.1 Å². The Bertz CT molecular complexity index is 734. The summed E-state index contributed by atoms with van der Waals surface area (Å²) in [5.41, 5.74) is 0.807. The van der Waals surface area contributed by atoms with Gasteiger partial charge in [-0.1, -0.05) is 11.8 Å². The van der Waals surface area contributed by atoms with Gasteiger partial charge >= 0.3 is 5.97 Å². The number of carbonyl (C=O) groups excluding carboxylic acids is 1. The van der Waals surface area contributed by atoms with Gasteiger partial charge in [-0.05, 0) is 40.2 Å². The van der Waals surface area contributed by atoms with Crippen LogP contribution in [0.4, 0.5) is 0 Å². The first-order valence-corrected chi connectivity index (χ1v) is 8.36. The fourth-order valence-corrected chi connectivity index (χ4v) is 3.70. The maximum Gasteiger partial charge on any atom is 0.319 e. The molecule has 5 nitrogen and oxygen atoms in total. The summed E-state index contributed by atoms with van der Waals surface area (Å²) in [5.74, 6) is -0.309. The zero-order valence-corrected chi connectivity index (χ0v) is 14.3. The number of rotatable bonds is 4. The molecule has 114 valence electrons. The molecule has 0 aliphatic heterocycles. The molecular weight excluding hydrogens is 308 g/mol. The third-order valence-electron chi connectivity index (χ3n) is 2.99. The van der Waals surface area contributed by atoms with E-state index in [4.69, 9.17) is 4.74 Å². The fourth-order valence-electron chi connectivity index (χ4n) is 1.83. The molecule has 0 amide bonds. The second-order valence-electron chi connectivity index (χ2n) is 5.08. The van der Waals surface area contributed by atoms with Gasteiger partial charge in [0.15, 0.2) is 5.16 Å². The number of nitrogens with zero attached hydrogens (tertiary/aromatic N) is 1. The summed E-state index contributed by atoms with van der Waals surface area (Å²) in [7, 11) is 0. The number of nitrogens with one attached hydrogen (secondary N) is 1. The Morgan fingerprint density at radius 1 is 1.33 bits per heavy atom. The molecule has 2 aromatic rings. The predicted octanol–water partition coefficient (Wildman–Crippen LogP) is 3.03. The van der Waals surface area contributed by atoms with Crippen molar-refractivity contribution in [3.8, 4) is 0 Å². The lowest BCUT2D eigenvalue weighted by Gasteiger charge is -2.12. The number of hydrogen-bond donors (Lipinski definition) is 1. The monoisotopic (exact) mass is 326 g/mol. The van der Waals surface area contributed by atoms with Crippen molar-refractivity contribution in [1.82, 2.24) is 9.97 Å². The largest absolute Gasteiger partial charge is 0.462 e. The van der Waals surface area contributed by atoms with Crippen molar-refractivity contribution in [2.24, 2.45) is 0 Å². The number of ether oxygens (including phenoxy) is 1. The molecule has 2 rings (SSSR count). The summed E-state index contributed by atoms with van der Waals surface area (Å²) in [6.45, 7) is 9.24. The Labute approximate surface area is 131 Å². The lowest BCUT2D eigenvalue weighted by Crippen LogP contribution is -2.21. The zero-order valence-electron chi connectivity index (χ0n) is 12.6. The van der Waals surface area contributed by atoms with Gasteiger partial charge in [0.25, 0.3) is 5.56 Å². The molecule has 0 aliphatic rings. The molecule has 7 heteroatoms. The highest BCUT2D eigenvalue weighted by atomic mass is 32.2. The van der Waals surface area contributed by atoms with Crippen LogP contribution in [0.5, 0.6) is 0 Å². The number of aromatic nitrogens is 2. The molecular formula is C14H18N2O3S2. The van der Waals surface area contributed by atoms with Gasteiger partial charge in [0, 0.05) is 4.88 Å². The predicted molar refractivity (Wildman–Crippen MR) is 86.3 cm³/mol. The van der Waals surface area contributed by atoms with E-state index in [2.05, 4.69) is 9.97 Å². The Morgan fingerprint density at radius 2 is 2.00 bits per heavy atom. The molecule has 0 saturated carbocycles. The summed E-state index contributed by atoms with van der Waals surface area (Å²) in [6, 6.07) is 0. The van der Waals surface area contributed by atoms with Crippen LogP contribution in [-0.4, -0.2) is 27.3 Å². The molecule has 2 aromatic heterocycles. The highest BCUT2D eigenvalue weighted by molar-refractivity contribution is 8.00. The van der Waals surface area contributed by atoms with Crippen LogP contribution in [0.1, 0.15) is 31.2 Å². The first-order chi connectivity index (χ1) is 9.79. The number of H-pyrrole nitrogens is 1. The first kappa shape index (κ1) is 16.0. The van der Waals surface area contributed by atoms with Gasteiger partial charge in [-0.2, -0.15) is 0 Å². The molecule has 1 unspecified atom stereocenters. The zero-order chi connectivity index (χ0) is 15.7. The molecule has 0 radical (unpaired) electrons. The first-order valence-electron chi connectivity index (χ1n) is 6.66. The average Bonchev–Trinajstić information content (AvgIpc) is 2.64. The van der Waals surface area contributed by atoms with Crippen molar-refractivity contribution in [3.63, 3.8) is 0 Å². The van der Waals surface area contributed by atoms with Gasteiger partial charge < -0.3 is 9.72 Å². The summed E-state index contributed by atoms with van der Waals surface area (Å²) in [6.07, 6.45) is -0.155. The molecule has 0 aliphatic carbocycles. The number of thioether (sulfide) groups is 1. The topological polar surface area (TPSA) is 72.0 Å². The quantitative estimate of drug-likeness (QED) is 0.531. The number of thiophene rings is 1. The SMILES string of the molecule is Cc1sc2nc(SC(C)C(=O)OC(C)C)[nH]c(=O)c2c1C. The summed E-state index contributed by atoms with van der Waals surface area (Å²) in [4.78, 5) is 32.9. The normalized spacial score (nSPS) is 12.9. The number of esters is 1. The Balaban J connectivity index is 2.28. The number of carbonyl (C=O) groups is 1. The molecule has 0 bridgehead atoms. The van der Waals surface area contributed by atoms with Crippen molar-refractivity contribution >= 4 is 39.3 Å². The fraction of sp³-hybridized carbons (Fsp3) is 0.500. The maximum atomic E-state index is 12.1. The molecule has 0 fully saturated rings. The molecule has 1 N–H and O–H groups in total. The Morgan fingerprint density at radius 3 is 2.62 bits per heavy atom. The van der Waals surface area contributed by atoms with E-state index in [1.807, 2.05) is 13.8 Å². The highest BCUT2D eigenvalue weighted by Gasteiger charge is 2.20. The number of hydrogen-bond acceptors (Lipinski definition) is 6. The van der Waals surface area contributed by atoms with Gasteiger partial charge in [-0.3, -0.25) is 9.59 Å². The standard InChI is InChI=1S/C14H18N2O3S2/c1-6(2)19-13(18)9(5)21-14-15-11(17)10-7(3)8(4)20-12(10)16-14/h6,9H,1-5H3,(H,15,16,17). The van der Waals surface area contributed by atoms with Crippen LogP contribution in [0.15, 0.2) is 9.95 Å². The Kier molecular flexibility index (Phi) is 4.73. The molecule has 0 spiro atoms. The number of aryl methyl sites for hydroxylation is 2. The lowest BCUT2D eigenvalue weighted by atomic mass is 10.2.